The van der Waals surface area contributed by atoms with Crippen molar-refractivity contribution in [2.75, 3.05) is 14.2 Å². The molecule has 7 heteroatoms. The summed E-state index contributed by atoms with van der Waals surface area (Å²) < 4.78 is 38.0. The molecule has 1 aliphatic heterocycles. The van der Waals surface area contributed by atoms with Crippen LogP contribution in [0.1, 0.15) is 11.1 Å². The summed E-state index contributed by atoms with van der Waals surface area (Å²) >= 11 is 3.51. The lowest BCUT2D eigenvalue weighted by Gasteiger charge is -2.33. The van der Waals surface area contributed by atoms with E-state index in [9.17, 15) is 8.42 Å². The number of methoxy groups -OCH3 is 2. The lowest BCUT2D eigenvalue weighted by atomic mass is 10.1. The molecule has 0 amide bonds. The van der Waals surface area contributed by atoms with E-state index >= 15 is 0 Å². The number of nitrogens with zero attached hydrogens (tertiary/aromatic N) is 1. The Morgan fingerprint density at radius 1 is 1.17 bits per heavy atom. The molecule has 2 aromatic rings. The summed E-state index contributed by atoms with van der Waals surface area (Å²) in [5.41, 5.74) is 1.61. The van der Waals surface area contributed by atoms with Crippen molar-refractivity contribution in [1.29, 1.82) is 0 Å². The molecular weight excluding hydrogens is 394 g/mol. The quantitative estimate of drug-likeness (QED) is 0.572. The number of alkyl halides is 1. The molecule has 1 heterocycles. The molecule has 0 N–H and O–H groups in total. The molecule has 0 saturated heterocycles. The van der Waals surface area contributed by atoms with E-state index < -0.39 is 10.0 Å². The van der Waals surface area contributed by atoms with Gasteiger partial charge in [0.15, 0.2) is 0 Å². The first-order chi connectivity index (χ1) is 11.5. The summed E-state index contributed by atoms with van der Waals surface area (Å²) in [7, 11) is -0.433. The second-order valence-corrected chi connectivity index (χ2v) is 8.39. The molecule has 1 unspecified atom stereocenters. The van der Waals surface area contributed by atoms with Crippen LogP contribution in [0, 0.1) is 0 Å². The van der Waals surface area contributed by atoms with Crippen LogP contribution in [0.5, 0.6) is 11.5 Å². The number of halogens is 1. The normalized spacial score (nSPS) is 19.5. The predicted molar refractivity (Wildman–Crippen MR) is 95.1 cm³/mol. The third kappa shape index (κ3) is 3.03. The number of sulfonamides is 1. The van der Waals surface area contributed by atoms with Crippen molar-refractivity contribution in [3.8, 4) is 11.5 Å². The highest BCUT2D eigenvalue weighted by Gasteiger charge is 2.37. The Morgan fingerprint density at radius 3 is 2.62 bits per heavy atom. The van der Waals surface area contributed by atoms with Gasteiger partial charge in [-0.1, -0.05) is 40.2 Å². The smallest absolute Gasteiger partial charge is 0.244 e. The summed E-state index contributed by atoms with van der Waals surface area (Å²) in [6, 6.07) is 12.5. The number of rotatable bonds is 4. The van der Waals surface area contributed by atoms with Crippen molar-refractivity contribution >= 4 is 26.0 Å². The van der Waals surface area contributed by atoms with Crippen LogP contribution in [0.2, 0.25) is 0 Å². The fourth-order valence-corrected chi connectivity index (χ4v) is 5.64. The average Bonchev–Trinajstić information content (AvgIpc) is 2.58. The molecule has 0 aliphatic carbocycles. The molecule has 0 bridgehead atoms. The standard InChI is InChI=1S/C17H18BrNO4S/c1-22-14-8-7-13(15(10-14)23-2)11-19-17(18)9-12-5-3-4-6-16(12)24(19,20)21/h3-8,10,17H,9,11H2,1-2H3. The number of benzene rings is 2. The van der Waals surface area contributed by atoms with Gasteiger partial charge in [0.05, 0.1) is 24.1 Å². The largest absolute Gasteiger partial charge is 0.497 e. The highest BCUT2D eigenvalue weighted by atomic mass is 79.9. The second-order valence-electron chi connectivity index (χ2n) is 5.47. The minimum absolute atomic E-state index is 0.222. The Hall–Kier alpha value is -1.57. The molecule has 5 nitrogen and oxygen atoms in total. The first kappa shape index (κ1) is 17.3. The van der Waals surface area contributed by atoms with E-state index in [0.29, 0.717) is 22.8 Å². The van der Waals surface area contributed by atoms with E-state index in [1.165, 1.54) is 4.31 Å². The molecular formula is C17H18BrNO4S. The van der Waals surface area contributed by atoms with Crippen LogP contribution in [0.25, 0.3) is 0 Å². The number of hydrogen-bond donors (Lipinski definition) is 0. The highest BCUT2D eigenvalue weighted by Crippen LogP contribution is 2.35. The molecule has 1 aliphatic rings. The summed E-state index contributed by atoms with van der Waals surface area (Å²) in [4.78, 5) is 0.0670. The van der Waals surface area contributed by atoms with Gasteiger partial charge in [0.1, 0.15) is 11.5 Å². The van der Waals surface area contributed by atoms with Crippen molar-refractivity contribution in [2.24, 2.45) is 0 Å². The molecule has 0 saturated carbocycles. The summed E-state index contributed by atoms with van der Waals surface area (Å²) in [5, 5.41) is 0. The zero-order valence-corrected chi connectivity index (χ0v) is 15.8. The lowest BCUT2D eigenvalue weighted by Crippen LogP contribution is -2.41. The maximum atomic E-state index is 13.0. The van der Waals surface area contributed by atoms with Crippen molar-refractivity contribution < 1.29 is 17.9 Å². The predicted octanol–water partition coefficient (Wildman–Crippen LogP) is 3.17. The van der Waals surface area contributed by atoms with Crippen molar-refractivity contribution in [3.05, 3.63) is 53.6 Å². The third-order valence-electron chi connectivity index (χ3n) is 4.08. The number of hydrogen-bond acceptors (Lipinski definition) is 4. The Morgan fingerprint density at radius 2 is 1.92 bits per heavy atom. The summed E-state index contributed by atoms with van der Waals surface area (Å²) in [6.45, 7) is 0.222. The topological polar surface area (TPSA) is 55.8 Å². The Balaban J connectivity index is 1.99. The van der Waals surface area contributed by atoms with Gasteiger partial charge < -0.3 is 9.47 Å². The van der Waals surface area contributed by atoms with Crippen molar-refractivity contribution in [1.82, 2.24) is 4.31 Å². The highest BCUT2D eigenvalue weighted by molar-refractivity contribution is 9.09. The van der Waals surface area contributed by atoms with Gasteiger partial charge in [0, 0.05) is 24.6 Å². The number of ether oxygens (including phenoxy) is 2. The molecule has 24 heavy (non-hydrogen) atoms. The third-order valence-corrected chi connectivity index (χ3v) is 7.12. The van der Waals surface area contributed by atoms with E-state index in [1.807, 2.05) is 18.2 Å². The molecule has 3 rings (SSSR count). The summed E-state index contributed by atoms with van der Waals surface area (Å²) in [5.74, 6) is 1.26. The van der Waals surface area contributed by atoms with E-state index in [1.54, 1.807) is 38.5 Å². The minimum atomic E-state index is -3.57. The SMILES string of the molecule is COc1ccc(CN2C(Br)Cc3ccccc3S2(=O)=O)c(OC)c1. The van der Waals surface area contributed by atoms with Crippen LogP contribution in [0.15, 0.2) is 47.4 Å². The van der Waals surface area contributed by atoms with Crippen molar-refractivity contribution in [2.45, 2.75) is 22.8 Å². The number of fused-ring (bicyclic) bond motifs is 1. The molecule has 0 aromatic heterocycles. The fraction of sp³-hybridized carbons (Fsp3) is 0.294. The van der Waals surface area contributed by atoms with E-state index in [-0.39, 0.29) is 11.5 Å². The van der Waals surface area contributed by atoms with Crippen LogP contribution in [-0.2, 0) is 23.0 Å². The maximum absolute atomic E-state index is 13.0. The van der Waals surface area contributed by atoms with Gasteiger partial charge in [-0.25, -0.2) is 8.42 Å². The lowest BCUT2D eigenvalue weighted by molar-refractivity contribution is 0.358. The van der Waals surface area contributed by atoms with E-state index in [4.69, 9.17) is 9.47 Å². The van der Waals surface area contributed by atoms with Gasteiger partial charge in [-0.3, -0.25) is 0 Å². The maximum Gasteiger partial charge on any atom is 0.244 e. The molecule has 0 spiro atoms. The van der Waals surface area contributed by atoms with Crippen LogP contribution >= 0.6 is 15.9 Å². The Labute approximate surface area is 150 Å². The first-order valence-corrected chi connectivity index (χ1v) is 9.77. The summed E-state index contributed by atoms with van der Waals surface area (Å²) in [6.07, 6.45) is 0.619. The Kier molecular flexibility index (Phi) is 4.85. The van der Waals surface area contributed by atoms with Gasteiger partial charge >= 0.3 is 0 Å². The monoisotopic (exact) mass is 411 g/mol. The zero-order valence-electron chi connectivity index (χ0n) is 13.4. The van der Waals surface area contributed by atoms with E-state index in [2.05, 4.69) is 15.9 Å². The van der Waals surface area contributed by atoms with Gasteiger partial charge in [-0.15, -0.1) is 0 Å². The molecule has 1 atom stereocenters. The molecule has 2 aromatic carbocycles. The van der Waals surface area contributed by atoms with Crippen LogP contribution in [0.3, 0.4) is 0 Å². The molecule has 0 radical (unpaired) electrons. The van der Waals surface area contributed by atoms with Crippen LogP contribution < -0.4 is 9.47 Å². The Bertz CT molecular complexity index is 853. The van der Waals surface area contributed by atoms with Crippen molar-refractivity contribution in [3.63, 3.8) is 0 Å². The average molecular weight is 412 g/mol. The minimum Gasteiger partial charge on any atom is -0.497 e. The van der Waals surface area contributed by atoms with Gasteiger partial charge in [-0.2, -0.15) is 4.31 Å². The second kappa shape index (κ2) is 6.74. The molecule has 0 fully saturated rings. The van der Waals surface area contributed by atoms with E-state index in [0.717, 1.165) is 11.1 Å². The van der Waals surface area contributed by atoms with Gasteiger partial charge in [0.25, 0.3) is 0 Å². The van der Waals surface area contributed by atoms with Crippen LogP contribution in [0.4, 0.5) is 0 Å². The van der Waals surface area contributed by atoms with Gasteiger partial charge in [0.2, 0.25) is 10.0 Å². The fourth-order valence-electron chi connectivity index (χ4n) is 2.82. The first-order valence-electron chi connectivity index (χ1n) is 7.42. The van der Waals surface area contributed by atoms with Crippen LogP contribution in [-0.4, -0.2) is 31.9 Å². The molecule has 128 valence electrons. The van der Waals surface area contributed by atoms with Gasteiger partial charge in [-0.05, 0) is 17.7 Å². The zero-order chi connectivity index (χ0) is 17.3.